The summed E-state index contributed by atoms with van der Waals surface area (Å²) in [5.74, 6) is -3.34. The standard InChI is InChI=1S/C26H50O4/c1-3-5-7-9-11-13-15-17-19-21-23(25(27)28)24(26(29)30)22-20-18-16-14-12-10-8-6-4-2/h23-24H,3-22H2,1-2H3,(H,27,28)(H,29,30). The van der Waals surface area contributed by atoms with Gasteiger partial charge in [-0.3, -0.25) is 9.59 Å². The van der Waals surface area contributed by atoms with E-state index in [2.05, 4.69) is 13.8 Å². The summed E-state index contributed by atoms with van der Waals surface area (Å²) in [7, 11) is 0. The van der Waals surface area contributed by atoms with Gasteiger partial charge in [0, 0.05) is 0 Å². The molecule has 0 radical (unpaired) electrons. The third kappa shape index (κ3) is 16.7. The lowest BCUT2D eigenvalue weighted by molar-refractivity contribution is -0.154. The van der Waals surface area contributed by atoms with Crippen LogP contribution in [0.15, 0.2) is 0 Å². The molecule has 4 heteroatoms. The Bertz CT molecular complexity index is 370. The zero-order valence-corrected chi connectivity index (χ0v) is 20.0. The van der Waals surface area contributed by atoms with E-state index in [1.54, 1.807) is 0 Å². The minimum absolute atomic E-state index is 0.500. The van der Waals surface area contributed by atoms with Gasteiger partial charge in [0.1, 0.15) is 0 Å². The quantitative estimate of drug-likeness (QED) is 0.161. The molecule has 0 aliphatic heterocycles. The van der Waals surface area contributed by atoms with Gasteiger partial charge in [0.15, 0.2) is 0 Å². The molecule has 4 nitrogen and oxygen atoms in total. The lowest BCUT2D eigenvalue weighted by atomic mass is 9.84. The van der Waals surface area contributed by atoms with Crippen molar-refractivity contribution in [3.8, 4) is 0 Å². The first-order chi connectivity index (χ1) is 14.5. The van der Waals surface area contributed by atoms with Crippen molar-refractivity contribution in [3.05, 3.63) is 0 Å². The Morgan fingerprint density at radius 3 is 0.933 bits per heavy atom. The zero-order chi connectivity index (χ0) is 22.5. The van der Waals surface area contributed by atoms with Crippen LogP contribution in [0.1, 0.15) is 142 Å². The maximum absolute atomic E-state index is 11.7. The van der Waals surface area contributed by atoms with Gasteiger partial charge in [0.2, 0.25) is 0 Å². The van der Waals surface area contributed by atoms with Crippen molar-refractivity contribution in [1.29, 1.82) is 0 Å². The second kappa shape index (κ2) is 21.2. The van der Waals surface area contributed by atoms with Crippen LogP contribution in [0.4, 0.5) is 0 Å². The highest BCUT2D eigenvalue weighted by molar-refractivity contribution is 5.79. The summed E-state index contributed by atoms with van der Waals surface area (Å²) in [6.45, 7) is 4.44. The number of hydrogen-bond donors (Lipinski definition) is 2. The van der Waals surface area contributed by atoms with Gasteiger partial charge in [0.25, 0.3) is 0 Å². The zero-order valence-electron chi connectivity index (χ0n) is 20.0. The third-order valence-electron chi connectivity index (χ3n) is 6.36. The van der Waals surface area contributed by atoms with E-state index in [1.165, 1.54) is 77.0 Å². The monoisotopic (exact) mass is 426 g/mol. The fraction of sp³-hybridized carbons (Fsp3) is 0.923. The van der Waals surface area contributed by atoms with Crippen LogP contribution < -0.4 is 0 Å². The smallest absolute Gasteiger partial charge is 0.307 e. The predicted octanol–water partition coefficient (Wildman–Crippen LogP) is 8.23. The lowest BCUT2D eigenvalue weighted by Crippen LogP contribution is -2.30. The summed E-state index contributed by atoms with van der Waals surface area (Å²) in [6.07, 6.45) is 22.3. The summed E-state index contributed by atoms with van der Waals surface area (Å²) in [4.78, 5) is 23.4. The Kier molecular flexibility index (Phi) is 20.4. The van der Waals surface area contributed by atoms with Crippen molar-refractivity contribution in [1.82, 2.24) is 0 Å². The van der Waals surface area contributed by atoms with E-state index in [0.29, 0.717) is 12.8 Å². The lowest BCUT2D eigenvalue weighted by Gasteiger charge is -2.20. The van der Waals surface area contributed by atoms with Crippen LogP contribution in [0.25, 0.3) is 0 Å². The van der Waals surface area contributed by atoms with Crippen molar-refractivity contribution in [2.75, 3.05) is 0 Å². The Morgan fingerprint density at radius 2 is 0.700 bits per heavy atom. The molecule has 0 amide bonds. The first kappa shape index (κ1) is 28.9. The van der Waals surface area contributed by atoms with Crippen LogP contribution in [-0.2, 0) is 9.59 Å². The summed E-state index contributed by atoms with van der Waals surface area (Å²) in [5.41, 5.74) is 0. The van der Waals surface area contributed by atoms with E-state index < -0.39 is 23.8 Å². The largest absolute Gasteiger partial charge is 0.481 e. The van der Waals surface area contributed by atoms with Crippen LogP contribution in [0.2, 0.25) is 0 Å². The summed E-state index contributed by atoms with van der Waals surface area (Å²) in [5, 5.41) is 19.2. The molecule has 0 spiro atoms. The second-order valence-corrected chi connectivity index (χ2v) is 9.12. The number of carbonyl (C=O) groups is 2. The van der Waals surface area contributed by atoms with Crippen LogP contribution >= 0.6 is 0 Å². The van der Waals surface area contributed by atoms with Gasteiger partial charge in [-0.25, -0.2) is 0 Å². The van der Waals surface area contributed by atoms with Crippen molar-refractivity contribution in [2.45, 2.75) is 142 Å². The van der Waals surface area contributed by atoms with Gasteiger partial charge in [-0.1, -0.05) is 129 Å². The molecule has 0 aromatic rings. The molecule has 0 saturated carbocycles. The maximum atomic E-state index is 11.7. The summed E-state index contributed by atoms with van der Waals surface area (Å²) >= 11 is 0. The molecule has 0 aromatic heterocycles. The van der Waals surface area contributed by atoms with E-state index in [0.717, 1.165) is 38.5 Å². The molecule has 2 unspecified atom stereocenters. The number of carboxylic acid groups (broad SMARTS) is 2. The molecule has 30 heavy (non-hydrogen) atoms. The summed E-state index contributed by atoms with van der Waals surface area (Å²) < 4.78 is 0. The molecular formula is C26H50O4. The highest BCUT2D eigenvalue weighted by Crippen LogP contribution is 2.26. The Labute approximate surface area is 186 Å². The van der Waals surface area contributed by atoms with Crippen molar-refractivity contribution in [3.63, 3.8) is 0 Å². The molecule has 0 saturated heterocycles. The minimum atomic E-state index is -0.933. The number of rotatable bonds is 23. The Hall–Kier alpha value is -1.06. The van der Waals surface area contributed by atoms with Crippen molar-refractivity contribution >= 4 is 11.9 Å². The van der Waals surface area contributed by atoms with E-state index in [4.69, 9.17) is 0 Å². The molecule has 0 rings (SSSR count). The molecule has 0 heterocycles. The average molecular weight is 427 g/mol. The summed E-state index contributed by atoms with van der Waals surface area (Å²) in [6, 6.07) is 0. The first-order valence-corrected chi connectivity index (χ1v) is 13.0. The molecule has 0 aliphatic carbocycles. The minimum Gasteiger partial charge on any atom is -0.481 e. The molecule has 0 aromatic carbocycles. The normalized spacial score (nSPS) is 13.3. The maximum Gasteiger partial charge on any atom is 0.307 e. The van der Waals surface area contributed by atoms with E-state index in [1.807, 2.05) is 0 Å². The number of hydrogen-bond acceptors (Lipinski definition) is 2. The van der Waals surface area contributed by atoms with Gasteiger partial charge < -0.3 is 10.2 Å². The van der Waals surface area contributed by atoms with Gasteiger partial charge in [0.05, 0.1) is 11.8 Å². The molecule has 0 fully saturated rings. The fourth-order valence-corrected chi connectivity index (χ4v) is 4.34. The second-order valence-electron chi connectivity index (χ2n) is 9.12. The molecule has 2 N–H and O–H groups in total. The molecule has 178 valence electrons. The highest BCUT2D eigenvalue weighted by Gasteiger charge is 2.32. The van der Waals surface area contributed by atoms with Gasteiger partial charge in [-0.2, -0.15) is 0 Å². The highest BCUT2D eigenvalue weighted by atomic mass is 16.4. The predicted molar refractivity (Wildman–Crippen MR) is 126 cm³/mol. The third-order valence-corrected chi connectivity index (χ3v) is 6.36. The molecule has 0 aliphatic rings. The Balaban J connectivity index is 4.02. The fourth-order valence-electron chi connectivity index (χ4n) is 4.34. The first-order valence-electron chi connectivity index (χ1n) is 13.0. The average Bonchev–Trinajstić information content (AvgIpc) is 2.71. The van der Waals surface area contributed by atoms with Crippen molar-refractivity contribution < 1.29 is 19.8 Å². The van der Waals surface area contributed by atoms with Gasteiger partial charge in [-0.05, 0) is 12.8 Å². The van der Waals surface area contributed by atoms with Crippen LogP contribution in [0, 0.1) is 11.8 Å². The van der Waals surface area contributed by atoms with Crippen LogP contribution in [0.5, 0.6) is 0 Å². The Morgan fingerprint density at radius 1 is 0.467 bits per heavy atom. The topological polar surface area (TPSA) is 74.6 Å². The SMILES string of the molecule is CCCCCCCCCCCC(C(=O)O)C(CCCCCCCCCCC)C(=O)O. The van der Waals surface area contributed by atoms with Gasteiger partial charge >= 0.3 is 11.9 Å². The number of unbranched alkanes of at least 4 members (excludes halogenated alkanes) is 16. The number of aliphatic carboxylic acids is 2. The van der Waals surface area contributed by atoms with Crippen LogP contribution in [0.3, 0.4) is 0 Å². The van der Waals surface area contributed by atoms with Crippen molar-refractivity contribution in [2.24, 2.45) is 11.8 Å². The van der Waals surface area contributed by atoms with Crippen LogP contribution in [-0.4, -0.2) is 22.2 Å². The van der Waals surface area contributed by atoms with Gasteiger partial charge in [-0.15, -0.1) is 0 Å². The van der Waals surface area contributed by atoms with E-state index in [9.17, 15) is 19.8 Å². The van der Waals surface area contributed by atoms with E-state index >= 15 is 0 Å². The number of carboxylic acids is 2. The molecular weight excluding hydrogens is 376 g/mol. The molecule has 2 atom stereocenters. The molecule has 0 bridgehead atoms. The van der Waals surface area contributed by atoms with E-state index in [-0.39, 0.29) is 0 Å².